The molecule has 6 nitrogen and oxygen atoms in total. The predicted molar refractivity (Wildman–Crippen MR) is 110 cm³/mol. The number of urea groups is 1. The molecule has 148 valence electrons. The number of nitrogens with one attached hydrogen (secondary N) is 2. The van der Waals surface area contributed by atoms with E-state index in [-0.39, 0.29) is 18.0 Å². The summed E-state index contributed by atoms with van der Waals surface area (Å²) in [6, 6.07) is 13.3. The summed E-state index contributed by atoms with van der Waals surface area (Å²) in [5.74, 6) is 0.741. The Kier molecular flexibility index (Phi) is 6.19. The molecule has 2 N–H and O–H groups in total. The Morgan fingerprint density at radius 3 is 2.57 bits per heavy atom. The van der Waals surface area contributed by atoms with Crippen molar-refractivity contribution in [1.82, 2.24) is 10.6 Å². The lowest BCUT2D eigenvalue weighted by Gasteiger charge is -2.17. The first-order chi connectivity index (χ1) is 13.4. The van der Waals surface area contributed by atoms with E-state index in [1.807, 2.05) is 57.2 Å². The minimum atomic E-state index is -0.111. The molecule has 1 aliphatic rings. The molecule has 0 saturated carbocycles. The van der Waals surface area contributed by atoms with Gasteiger partial charge in [0, 0.05) is 30.9 Å². The molecule has 1 aliphatic heterocycles. The van der Waals surface area contributed by atoms with Crippen LogP contribution in [0.15, 0.2) is 42.5 Å². The van der Waals surface area contributed by atoms with E-state index >= 15 is 0 Å². The highest BCUT2D eigenvalue weighted by Gasteiger charge is 2.22. The lowest BCUT2D eigenvalue weighted by atomic mass is 10.1. The summed E-state index contributed by atoms with van der Waals surface area (Å²) < 4.78 is 5.64. The van der Waals surface area contributed by atoms with Gasteiger partial charge in [0.25, 0.3) is 5.91 Å². The summed E-state index contributed by atoms with van der Waals surface area (Å²) in [6.07, 6.45) is 0.901. The lowest BCUT2D eigenvalue weighted by molar-refractivity contribution is 0.0954. The smallest absolute Gasteiger partial charge is 0.322 e. The van der Waals surface area contributed by atoms with E-state index in [1.54, 1.807) is 11.0 Å². The van der Waals surface area contributed by atoms with Crippen LogP contribution in [0.3, 0.4) is 0 Å². The molecule has 1 saturated heterocycles. The molecular weight excluding hydrogens is 354 g/mol. The molecule has 28 heavy (non-hydrogen) atoms. The Morgan fingerprint density at radius 2 is 1.96 bits per heavy atom. The Balaban J connectivity index is 1.53. The molecule has 0 spiro atoms. The normalized spacial score (nSPS) is 13.6. The van der Waals surface area contributed by atoms with E-state index < -0.39 is 0 Å². The Labute approximate surface area is 165 Å². The maximum atomic E-state index is 12.4. The second-order valence-electron chi connectivity index (χ2n) is 7.20. The largest absolute Gasteiger partial charge is 0.491 e. The SMILES string of the molecule is Cc1cc(C(=O)NCCc2ccc(OC(C)C)cc2)ccc1N1CCNC1=O. The van der Waals surface area contributed by atoms with E-state index in [4.69, 9.17) is 4.74 Å². The first-order valence-corrected chi connectivity index (χ1v) is 9.64. The molecule has 0 atom stereocenters. The summed E-state index contributed by atoms with van der Waals surface area (Å²) in [7, 11) is 0. The molecule has 1 heterocycles. The van der Waals surface area contributed by atoms with Crippen molar-refractivity contribution in [3.8, 4) is 5.75 Å². The van der Waals surface area contributed by atoms with Crippen molar-refractivity contribution in [2.75, 3.05) is 24.5 Å². The van der Waals surface area contributed by atoms with Gasteiger partial charge in [-0.1, -0.05) is 12.1 Å². The average molecular weight is 381 g/mol. The van der Waals surface area contributed by atoms with E-state index in [1.165, 1.54) is 0 Å². The quantitative estimate of drug-likeness (QED) is 0.773. The van der Waals surface area contributed by atoms with Crippen LogP contribution < -0.4 is 20.3 Å². The minimum Gasteiger partial charge on any atom is -0.491 e. The zero-order valence-electron chi connectivity index (χ0n) is 16.6. The maximum absolute atomic E-state index is 12.4. The van der Waals surface area contributed by atoms with Crippen LogP contribution in [0.5, 0.6) is 5.75 Å². The summed E-state index contributed by atoms with van der Waals surface area (Å²) in [6.45, 7) is 7.75. The van der Waals surface area contributed by atoms with E-state index in [9.17, 15) is 9.59 Å². The fourth-order valence-electron chi connectivity index (χ4n) is 3.23. The van der Waals surface area contributed by atoms with Gasteiger partial charge in [0.2, 0.25) is 0 Å². The van der Waals surface area contributed by atoms with Gasteiger partial charge in [-0.3, -0.25) is 9.69 Å². The number of hydrogen-bond acceptors (Lipinski definition) is 3. The van der Waals surface area contributed by atoms with Crippen LogP contribution in [0.25, 0.3) is 0 Å². The summed E-state index contributed by atoms with van der Waals surface area (Å²) in [5, 5.41) is 5.74. The molecule has 6 heteroatoms. The summed E-state index contributed by atoms with van der Waals surface area (Å²) in [5.41, 5.74) is 3.49. The van der Waals surface area contributed by atoms with Gasteiger partial charge >= 0.3 is 6.03 Å². The molecule has 2 aromatic rings. The van der Waals surface area contributed by atoms with Crippen LogP contribution in [0.1, 0.15) is 35.3 Å². The van der Waals surface area contributed by atoms with Gasteiger partial charge < -0.3 is 15.4 Å². The molecule has 0 aliphatic carbocycles. The van der Waals surface area contributed by atoms with Crippen molar-refractivity contribution >= 4 is 17.6 Å². The zero-order chi connectivity index (χ0) is 20.1. The number of benzene rings is 2. The first-order valence-electron chi connectivity index (χ1n) is 9.64. The van der Waals surface area contributed by atoms with Gasteiger partial charge in [-0.05, 0) is 68.7 Å². The molecule has 0 bridgehead atoms. The third-order valence-corrected chi connectivity index (χ3v) is 4.60. The summed E-state index contributed by atoms with van der Waals surface area (Å²) >= 11 is 0. The lowest BCUT2D eigenvalue weighted by Crippen LogP contribution is -2.29. The number of amides is 3. The van der Waals surface area contributed by atoms with Crippen LogP contribution in [0.2, 0.25) is 0 Å². The standard InChI is InChI=1S/C22H27N3O3/c1-15(2)28-19-7-4-17(5-8-19)10-11-23-21(26)18-6-9-20(16(3)14-18)25-13-12-24-22(25)27/h4-9,14-15H,10-13H2,1-3H3,(H,23,26)(H,24,27). The molecule has 0 unspecified atom stereocenters. The van der Waals surface area contributed by atoms with Crippen molar-refractivity contribution in [1.29, 1.82) is 0 Å². The van der Waals surface area contributed by atoms with Crippen molar-refractivity contribution < 1.29 is 14.3 Å². The number of hydrogen-bond donors (Lipinski definition) is 2. The van der Waals surface area contributed by atoms with Crippen molar-refractivity contribution in [2.45, 2.75) is 33.3 Å². The molecular formula is C22H27N3O3. The van der Waals surface area contributed by atoms with Gasteiger partial charge in [0.1, 0.15) is 5.75 Å². The van der Waals surface area contributed by atoms with Crippen LogP contribution in [0.4, 0.5) is 10.5 Å². The fraction of sp³-hybridized carbons (Fsp3) is 0.364. The van der Waals surface area contributed by atoms with Crippen molar-refractivity contribution in [3.05, 3.63) is 59.2 Å². The predicted octanol–water partition coefficient (Wildman–Crippen LogP) is 3.28. The monoisotopic (exact) mass is 381 g/mol. The number of carbonyl (C=O) groups is 2. The number of carbonyl (C=O) groups excluding carboxylic acids is 2. The van der Waals surface area contributed by atoms with E-state index in [0.29, 0.717) is 25.2 Å². The highest BCUT2D eigenvalue weighted by molar-refractivity contribution is 5.97. The van der Waals surface area contributed by atoms with E-state index in [2.05, 4.69) is 10.6 Å². The number of ether oxygens (including phenoxy) is 1. The Morgan fingerprint density at radius 1 is 1.21 bits per heavy atom. The van der Waals surface area contributed by atoms with Crippen molar-refractivity contribution in [2.24, 2.45) is 0 Å². The zero-order valence-corrected chi connectivity index (χ0v) is 16.6. The number of rotatable bonds is 7. The molecule has 3 rings (SSSR count). The van der Waals surface area contributed by atoms with Gasteiger partial charge in [-0.2, -0.15) is 0 Å². The maximum Gasteiger partial charge on any atom is 0.322 e. The summed E-state index contributed by atoms with van der Waals surface area (Å²) in [4.78, 5) is 26.0. The van der Waals surface area contributed by atoms with Crippen LogP contribution in [0, 0.1) is 6.92 Å². The molecule has 3 amide bonds. The third kappa shape index (κ3) is 4.82. The second kappa shape index (κ2) is 8.78. The third-order valence-electron chi connectivity index (χ3n) is 4.60. The highest BCUT2D eigenvalue weighted by Crippen LogP contribution is 2.23. The second-order valence-corrected chi connectivity index (χ2v) is 7.20. The topological polar surface area (TPSA) is 70.7 Å². The van der Waals surface area contributed by atoms with E-state index in [0.717, 1.165) is 29.0 Å². The molecule has 2 aromatic carbocycles. The first kappa shape index (κ1) is 19.7. The minimum absolute atomic E-state index is 0.0925. The molecule has 0 aromatic heterocycles. The number of aryl methyl sites for hydroxylation is 1. The average Bonchev–Trinajstić information content (AvgIpc) is 3.08. The van der Waals surface area contributed by atoms with Crippen molar-refractivity contribution in [3.63, 3.8) is 0 Å². The fourth-order valence-corrected chi connectivity index (χ4v) is 3.23. The highest BCUT2D eigenvalue weighted by atomic mass is 16.5. The van der Waals surface area contributed by atoms with Gasteiger partial charge in [0.05, 0.1) is 6.10 Å². The van der Waals surface area contributed by atoms with Crippen LogP contribution >= 0.6 is 0 Å². The number of nitrogens with zero attached hydrogens (tertiary/aromatic N) is 1. The van der Waals surface area contributed by atoms with Gasteiger partial charge in [0.15, 0.2) is 0 Å². The molecule has 0 radical (unpaired) electrons. The van der Waals surface area contributed by atoms with Gasteiger partial charge in [-0.15, -0.1) is 0 Å². The Bertz CT molecular complexity index is 847. The molecule has 1 fully saturated rings. The van der Waals surface area contributed by atoms with Crippen LogP contribution in [-0.2, 0) is 6.42 Å². The van der Waals surface area contributed by atoms with Crippen LogP contribution in [-0.4, -0.2) is 37.7 Å². The number of anilines is 1. The Hall–Kier alpha value is -3.02. The van der Waals surface area contributed by atoms with Gasteiger partial charge in [-0.25, -0.2) is 4.79 Å².